The molecular weight excluding hydrogens is 823 g/mol. The van der Waals surface area contributed by atoms with Gasteiger partial charge in [-0.05, 0) is 110 Å². The Morgan fingerprint density at radius 2 is 1.15 bits per heavy atom. The summed E-state index contributed by atoms with van der Waals surface area (Å²) in [5.74, 6) is -0.435. The molecule has 0 aliphatic rings. The minimum Gasteiger partial charge on any atom is -0.474 e. The number of carbonyl (C=O) groups excluding carboxylic acids is 1. The lowest BCUT2D eigenvalue weighted by Gasteiger charge is -2.10. The van der Waals surface area contributed by atoms with Crippen molar-refractivity contribution in [3.63, 3.8) is 0 Å². The first kappa shape index (κ1) is 43.5. The van der Waals surface area contributed by atoms with Gasteiger partial charge in [-0.3, -0.25) is 14.8 Å². The number of amides is 1. The monoisotopic (exact) mass is 862 g/mol. The molecule has 2 aromatic carbocycles. The van der Waals surface area contributed by atoms with Crippen molar-refractivity contribution in [3.05, 3.63) is 151 Å². The van der Waals surface area contributed by atoms with Crippen LogP contribution in [0, 0.1) is 27.7 Å². The maximum absolute atomic E-state index is 12.4. The van der Waals surface area contributed by atoms with Gasteiger partial charge in [-0.15, -0.1) is 0 Å². The summed E-state index contributed by atoms with van der Waals surface area (Å²) in [5.41, 5.74) is 26.1. The number of hydrogen-bond donors (Lipinski definition) is 5. The van der Waals surface area contributed by atoms with Crippen LogP contribution in [0.1, 0.15) is 77.8 Å². The van der Waals surface area contributed by atoms with Crippen molar-refractivity contribution in [2.75, 3.05) is 11.5 Å². The number of pyridine rings is 4. The van der Waals surface area contributed by atoms with Crippen LogP contribution >= 0.6 is 23.2 Å². The Morgan fingerprint density at radius 3 is 1.61 bits per heavy atom. The molecule has 0 fully saturated rings. The zero-order chi connectivity index (χ0) is 43.8. The Balaban J connectivity index is 0.000000172. The van der Waals surface area contributed by atoms with Gasteiger partial charge in [0.1, 0.15) is 11.6 Å². The molecule has 0 atom stereocenters. The first-order valence-electron chi connectivity index (χ1n) is 18.6. The largest absolute Gasteiger partial charge is 0.474 e. The molecule has 6 aromatic heterocycles. The fourth-order valence-electron chi connectivity index (χ4n) is 6.32. The lowest BCUT2D eigenvalue weighted by molar-refractivity contribution is 0.0643. The van der Waals surface area contributed by atoms with E-state index in [9.17, 15) is 9.59 Å². The number of fused-ring (bicyclic) bond motifs is 2. The number of halogens is 2. The predicted octanol–water partition coefficient (Wildman–Crippen LogP) is 6.69. The first-order valence-corrected chi connectivity index (χ1v) is 19.3. The summed E-state index contributed by atoms with van der Waals surface area (Å²) in [6.07, 6.45) is 3.98. The van der Waals surface area contributed by atoms with Crippen molar-refractivity contribution in [2.24, 2.45) is 5.73 Å². The zero-order valence-corrected chi connectivity index (χ0v) is 34.9. The smallest absolute Gasteiger partial charge is 0.394 e. The molecule has 0 aliphatic carbocycles. The summed E-state index contributed by atoms with van der Waals surface area (Å²) >= 11 is 11.9. The van der Waals surface area contributed by atoms with Gasteiger partial charge in [0.15, 0.2) is 11.6 Å². The van der Waals surface area contributed by atoms with E-state index in [2.05, 4.69) is 50.1 Å². The lowest BCUT2D eigenvalue weighted by atomic mass is 10.1. The van der Waals surface area contributed by atoms with Crippen molar-refractivity contribution < 1.29 is 23.7 Å². The molecule has 0 radical (unpaired) electrons. The SMILES string of the molecule is Cc1cc(N)nc(C)c1CN.Cc1cc(N)nc(C)c1CNC(=O)c1nc(Cc2ccc3ncc(Cl)cc3c2)no1.O=C(O)c1nc(Cc2ccc3ncc(Cl)cc3c2)no1. The normalized spacial score (nSPS) is 10.8. The van der Waals surface area contributed by atoms with Crippen LogP contribution in [0.3, 0.4) is 0 Å². The van der Waals surface area contributed by atoms with E-state index in [0.29, 0.717) is 59.3 Å². The molecule has 0 spiro atoms. The second-order valence-corrected chi connectivity index (χ2v) is 14.7. The van der Waals surface area contributed by atoms with E-state index in [1.807, 2.05) is 82.3 Å². The van der Waals surface area contributed by atoms with Gasteiger partial charge in [0.2, 0.25) is 0 Å². The van der Waals surface area contributed by atoms with Crippen LogP contribution in [0.5, 0.6) is 0 Å². The van der Waals surface area contributed by atoms with Gasteiger partial charge < -0.3 is 36.7 Å². The zero-order valence-electron chi connectivity index (χ0n) is 33.4. The number of aryl methyl sites for hydroxylation is 4. The van der Waals surface area contributed by atoms with E-state index in [0.717, 1.165) is 66.6 Å². The molecule has 61 heavy (non-hydrogen) atoms. The van der Waals surface area contributed by atoms with E-state index < -0.39 is 17.8 Å². The third-order valence-electron chi connectivity index (χ3n) is 9.24. The highest BCUT2D eigenvalue weighted by Gasteiger charge is 2.17. The minimum atomic E-state index is -1.24. The number of aromatic nitrogens is 8. The summed E-state index contributed by atoms with van der Waals surface area (Å²) in [5, 5.41) is 22.0. The predicted molar refractivity (Wildman–Crippen MR) is 230 cm³/mol. The minimum absolute atomic E-state index is 0.0887. The molecule has 6 heterocycles. The number of carboxylic acids is 1. The molecule has 19 heteroatoms. The molecule has 0 saturated heterocycles. The summed E-state index contributed by atoms with van der Waals surface area (Å²) in [6.45, 7) is 8.51. The molecule has 0 bridgehead atoms. The van der Waals surface area contributed by atoms with E-state index in [-0.39, 0.29) is 5.89 Å². The summed E-state index contributed by atoms with van der Waals surface area (Å²) in [6, 6.07) is 18.7. The number of hydrogen-bond acceptors (Lipinski definition) is 15. The van der Waals surface area contributed by atoms with Crippen molar-refractivity contribution in [1.29, 1.82) is 0 Å². The molecule has 8 aromatic rings. The Morgan fingerprint density at radius 1 is 0.672 bits per heavy atom. The number of benzene rings is 2. The van der Waals surface area contributed by atoms with Crippen molar-refractivity contribution in [1.82, 2.24) is 45.5 Å². The number of nitrogens with zero attached hydrogens (tertiary/aromatic N) is 8. The Kier molecular flexibility index (Phi) is 13.8. The van der Waals surface area contributed by atoms with E-state index in [4.69, 9.17) is 50.0 Å². The maximum atomic E-state index is 12.4. The van der Waals surface area contributed by atoms with E-state index in [1.54, 1.807) is 18.5 Å². The van der Waals surface area contributed by atoms with Crippen LogP contribution < -0.4 is 22.5 Å². The molecule has 312 valence electrons. The van der Waals surface area contributed by atoms with Gasteiger partial charge >= 0.3 is 23.7 Å². The average molecular weight is 864 g/mol. The number of rotatable bonds is 9. The third kappa shape index (κ3) is 11.4. The number of nitrogens with one attached hydrogen (secondary N) is 1. The first-order chi connectivity index (χ1) is 29.1. The number of anilines is 2. The highest BCUT2D eigenvalue weighted by Crippen LogP contribution is 2.21. The van der Waals surface area contributed by atoms with Gasteiger partial charge in [0.05, 0.1) is 21.1 Å². The van der Waals surface area contributed by atoms with Gasteiger partial charge in [0, 0.05) is 60.5 Å². The van der Waals surface area contributed by atoms with Crippen LogP contribution in [0.25, 0.3) is 21.8 Å². The lowest BCUT2D eigenvalue weighted by Crippen LogP contribution is -2.24. The standard InChI is InChI=1S/C21H19ClN6O2.C13H8ClN3O3.C8H13N3/c1-11-5-18(23)26-12(2)16(11)10-25-20(29)21-27-19(28-30-21)7-13-3-4-17-14(6-13)8-15(22)9-24-17;14-9-5-8-3-7(1-2-10(8)15-6-9)4-11-16-12(13(18)19)20-17-11;1-5-3-8(10)11-6(2)7(5)4-9/h3-6,8-9H,7,10H2,1-2H3,(H2,23,26)(H,25,29);1-3,5-6H,4H2,(H,18,19);3H,4,9H2,1-2H3,(H2,10,11). The van der Waals surface area contributed by atoms with Gasteiger partial charge in [-0.2, -0.15) is 9.97 Å². The molecular formula is C42H40Cl2N12O5. The maximum Gasteiger partial charge on any atom is 0.394 e. The average Bonchev–Trinajstić information content (AvgIpc) is 3.88. The van der Waals surface area contributed by atoms with Crippen molar-refractivity contribution in [3.8, 4) is 0 Å². The number of nitrogen functional groups attached to an aromatic ring is 2. The second kappa shape index (κ2) is 19.3. The van der Waals surface area contributed by atoms with Gasteiger partial charge in [-0.1, -0.05) is 45.6 Å². The molecule has 1 amide bonds. The van der Waals surface area contributed by atoms with Crippen LogP contribution in [0.2, 0.25) is 10.0 Å². The van der Waals surface area contributed by atoms with E-state index in [1.165, 1.54) is 0 Å². The van der Waals surface area contributed by atoms with Crippen LogP contribution in [-0.4, -0.2) is 57.2 Å². The van der Waals surface area contributed by atoms with Gasteiger partial charge in [-0.25, -0.2) is 14.8 Å². The molecule has 0 unspecified atom stereocenters. The number of nitrogens with two attached hydrogens (primary N) is 3. The number of carboxylic acid groups (broad SMARTS) is 1. The van der Waals surface area contributed by atoms with Crippen molar-refractivity contribution in [2.45, 2.75) is 53.6 Å². The van der Waals surface area contributed by atoms with Crippen LogP contribution in [0.4, 0.5) is 11.6 Å². The van der Waals surface area contributed by atoms with E-state index >= 15 is 0 Å². The summed E-state index contributed by atoms with van der Waals surface area (Å²) < 4.78 is 9.74. The second-order valence-electron chi connectivity index (χ2n) is 13.8. The quantitative estimate of drug-likeness (QED) is 0.101. The van der Waals surface area contributed by atoms with Crippen LogP contribution in [0.15, 0.2) is 82.1 Å². The number of carbonyl (C=O) groups is 2. The topological polar surface area (TPSA) is 274 Å². The third-order valence-corrected chi connectivity index (χ3v) is 9.65. The Hall–Kier alpha value is -7.08. The highest BCUT2D eigenvalue weighted by atomic mass is 35.5. The highest BCUT2D eigenvalue weighted by molar-refractivity contribution is 6.31. The Labute approximate surface area is 358 Å². The summed E-state index contributed by atoms with van der Waals surface area (Å²) in [7, 11) is 0. The van der Waals surface area contributed by atoms with Crippen molar-refractivity contribution >= 4 is 68.5 Å². The molecule has 17 nitrogen and oxygen atoms in total. The molecule has 8 rings (SSSR count). The van der Waals surface area contributed by atoms with Gasteiger partial charge in [0.25, 0.3) is 0 Å². The fourth-order valence-corrected chi connectivity index (χ4v) is 6.65. The molecule has 8 N–H and O–H groups in total. The molecule has 0 aliphatic heterocycles. The molecule has 0 saturated carbocycles. The Bertz CT molecular complexity index is 2840. The fraction of sp³-hybridized carbons (Fsp3) is 0.190. The van der Waals surface area contributed by atoms with Crippen LogP contribution in [-0.2, 0) is 25.9 Å². The number of aromatic carboxylic acids is 1. The summed E-state index contributed by atoms with van der Waals surface area (Å²) in [4.78, 5) is 47.9.